The first kappa shape index (κ1) is 13.8. The van der Waals surface area contributed by atoms with Gasteiger partial charge in [0, 0.05) is 24.0 Å². The van der Waals surface area contributed by atoms with Crippen molar-refractivity contribution in [2.45, 2.75) is 31.7 Å². The highest BCUT2D eigenvalue weighted by Gasteiger charge is 2.27. The zero-order valence-corrected chi connectivity index (χ0v) is 11.3. The van der Waals surface area contributed by atoms with E-state index in [1.54, 1.807) is 0 Å². The third-order valence-electron chi connectivity index (χ3n) is 3.79. The van der Waals surface area contributed by atoms with Crippen molar-refractivity contribution in [2.24, 2.45) is 11.7 Å². The fraction of sp³-hybridized carbons (Fsp3) is 0.438. The Hall–Kier alpha value is -1.61. The van der Waals surface area contributed by atoms with Gasteiger partial charge in [0.2, 0.25) is 0 Å². The maximum atomic E-state index is 7.50. The van der Waals surface area contributed by atoms with E-state index in [0.29, 0.717) is 6.04 Å². The van der Waals surface area contributed by atoms with Crippen LogP contribution in [0, 0.1) is 11.3 Å². The van der Waals surface area contributed by atoms with Crippen molar-refractivity contribution in [3.63, 3.8) is 0 Å². The van der Waals surface area contributed by atoms with Crippen LogP contribution < -0.4 is 11.1 Å². The van der Waals surface area contributed by atoms with Gasteiger partial charge in [-0.25, -0.2) is 0 Å². The molecule has 0 heterocycles. The van der Waals surface area contributed by atoms with E-state index in [4.69, 9.17) is 11.1 Å². The molecule has 0 atom stereocenters. The van der Waals surface area contributed by atoms with Crippen molar-refractivity contribution < 1.29 is 0 Å². The van der Waals surface area contributed by atoms with Crippen molar-refractivity contribution in [1.82, 2.24) is 5.32 Å². The Labute approximate surface area is 115 Å². The minimum atomic E-state index is 0.571. The standard InChI is InChI=1S/C16H23N3/c17-8-4-5-13-9-16(10-13)19-12-15(11-18)14-6-2-1-3-7-14/h1-3,6-7,11-13,16,18-19H,4-5,8-10,17H2/b15-12+,18-11?. The fourth-order valence-corrected chi connectivity index (χ4v) is 2.56. The second-order valence-corrected chi connectivity index (χ2v) is 5.24. The van der Waals surface area contributed by atoms with Gasteiger partial charge in [0.25, 0.3) is 0 Å². The highest BCUT2D eigenvalue weighted by molar-refractivity contribution is 6.08. The monoisotopic (exact) mass is 257 g/mol. The predicted molar refractivity (Wildman–Crippen MR) is 81.1 cm³/mol. The van der Waals surface area contributed by atoms with E-state index in [0.717, 1.165) is 30.0 Å². The summed E-state index contributed by atoms with van der Waals surface area (Å²) in [7, 11) is 0. The SMILES string of the molecule is N=C/C(=C\NC1CC(CCCN)C1)c1ccccc1. The van der Waals surface area contributed by atoms with Gasteiger partial charge in [-0.2, -0.15) is 0 Å². The first-order chi connectivity index (χ1) is 9.33. The number of nitrogens with one attached hydrogen (secondary N) is 2. The van der Waals surface area contributed by atoms with Gasteiger partial charge in [0.15, 0.2) is 0 Å². The Morgan fingerprint density at radius 1 is 1.32 bits per heavy atom. The highest BCUT2D eigenvalue weighted by Crippen LogP contribution is 2.31. The number of allylic oxidation sites excluding steroid dienone is 1. The molecule has 102 valence electrons. The van der Waals surface area contributed by atoms with Crippen LogP contribution in [0.15, 0.2) is 36.5 Å². The third kappa shape index (κ3) is 3.93. The molecule has 1 aliphatic rings. The molecule has 0 aromatic heterocycles. The lowest BCUT2D eigenvalue weighted by atomic mass is 9.77. The molecule has 1 fully saturated rings. The van der Waals surface area contributed by atoms with Crippen molar-refractivity contribution >= 4 is 11.8 Å². The highest BCUT2D eigenvalue weighted by atomic mass is 14.9. The Morgan fingerprint density at radius 3 is 2.68 bits per heavy atom. The fourth-order valence-electron chi connectivity index (χ4n) is 2.56. The average Bonchev–Trinajstić information content (AvgIpc) is 2.41. The van der Waals surface area contributed by atoms with Crippen molar-refractivity contribution in [3.05, 3.63) is 42.1 Å². The van der Waals surface area contributed by atoms with E-state index >= 15 is 0 Å². The van der Waals surface area contributed by atoms with E-state index in [1.807, 2.05) is 36.5 Å². The lowest BCUT2D eigenvalue weighted by molar-refractivity contribution is 0.223. The molecule has 0 unspecified atom stereocenters. The van der Waals surface area contributed by atoms with Crippen LogP contribution in [0.3, 0.4) is 0 Å². The van der Waals surface area contributed by atoms with Gasteiger partial charge in [-0.3, -0.25) is 0 Å². The summed E-state index contributed by atoms with van der Waals surface area (Å²) in [6.07, 6.45) is 8.25. The van der Waals surface area contributed by atoms with Gasteiger partial charge < -0.3 is 16.5 Å². The average molecular weight is 257 g/mol. The van der Waals surface area contributed by atoms with Crippen LogP contribution in [-0.2, 0) is 0 Å². The molecular formula is C16H23N3. The first-order valence-corrected chi connectivity index (χ1v) is 7.05. The van der Waals surface area contributed by atoms with Crippen LogP contribution in [0.1, 0.15) is 31.2 Å². The molecule has 0 spiro atoms. The zero-order chi connectivity index (χ0) is 13.5. The Balaban J connectivity index is 1.81. The summed E-state index contributed by atoms with van der Waals surface area (Å²) >= 11 is 0. The lowest BCUT2D eigenvalue weighted by Crippen LogP contribution is -2.38. The molecule has 3 nitrogen and oxygen atoms in total. The minimum Gasteiger partial charge on any atom is -0.388 e. The molecular weight excluding hydrogens is 234 g/mol. The minimum absolute atomic E-state index is 0.571. The van der Waals surface area contributed by atoms with E-state index in [9.17, 15) is 0 Å². The van der Waals surface area contributed by atoms with Gasteiger partial charge in [0.1, 0.15) is 0 Å². The molecule has 1 aromatic carbocycles. The molecule has 0 saturated heterocycles. The van der Waals surface area contributed by atoms with Crippen LogP contribution in [0.4, 0.5) is 0 Å². The topological polar surface area (TPSA) is 61.9 Å². The Bertz CT molecular complexity index is 419. The van der Waals surface area contributed by atoms with Gasteiger partial charge in [-0.1, -0.05) is 30.3 Å². The van der Waals surface area contributed by atoms with Crippen LogP contribution in [0.25, 0.3) is 5.57 Å². The van der Waals surface area contributed by atoms with Gasteiger partial charge >= 0.3 is 0 Å². The first-order valence-electron chi connectivity index (χ1n) is 7.05. The molecule has 1 aliphatic carbocycles. The van der Waals surface area contributed by atoms with Crippen LogP contribution in [-0.4, -0.2) is 18.8 Å². The molecule has 0 radical (unpaired) electrons. The summed E-state index contributed by atoms with van der Waals surface area (Å²) in [6, 6.07) is 10.6. The maximum Gasteiger partial charge on any atom is 0.0270 e. The summed E-state index contributed by atoms with van der Waals surface area (Å²) in [6.45, 7) is 0.806. The summed E-state index contributed by atoms with van der Waals surface area (Å²) < 4.78 is 0. The Morgan fingerprint density at radius 2 is 2.05 bits per heavy atom. The Kier molecular flexibility index (Phi) is 5.16. The number of hydrogen-bond donors (Lipinski definition) is 3. The summed E-state index contributed by atoms with van der Waals surface area (Å²) in [5.74, 6) is 0.842. The third-order valence-corrected chi connectivity index (χ3v) is 3.79. The smallest absolute Gasteiger partial charge is 0.0270 e. The van der Waals surface area contributed by atoms with E-state index in [1.165, 1.54) is 25.5 Å². The van der Waals surface area contributed by atoms with Crippen LogP contribution >= 0.6 is 0 Å². The molecule has 0 aliphatic heterocycles. The second kappa shape index (κ2) is 7.10. The van der Waals surface area contributed by atoms with E-state index in [2.05, 4.69) is 5.32 Å². The summed E-state index contributed by atoms with van der Waals surface area (Å²) in [5.41, 5.74) is 7.54. The van der Waals surface area contributed by atoms with Crippen LogP contribution in [0.2, 0.25) is 0 Å². The van der Waals surface area contributed by atoms with Gasteiger partial charge in [-0.15, -0.1) is 0 Å². The van der Waals surface area contributed by atoms with E-state index in [-0.39, 0.29) is 0 Å². The molecule has 1 aromatic rings. The zero-order valence-electron chi connectivity index (χ0n) is 11.3. The maximum absolute atomic E-state index is 7.50. The largest absolute Gasteiger partial charge is 0.388 e. The lowest BCUT2D eigenvalue weighted by Gasteiger charge is -2.35. The second-order valence-electron chi connectivity index (χ2n) is 5.24. The van der Waals surface area contributed by atoms with Crippen molar-refractivity contribution in [3.8, 4) is 0 Å². The molecule has 19 heavy (non-hydrogen) atoms. The van der Waals surface area contributed by atoms with Gasteiger partial charge in [0.05, 0.1) is 0 Å². The normalized spacial score (nSPS) is 22.7. The number of rotatable bonds is 7. The molecule has 0 amide bonds. The van der Waals surface area contributed by atoms with Crippen LogP contribution in [0.5, 0.6) is 0 Å². The van der Waals surface area contributed by atoms with E-state index < -0.39 is 0 Å². The van der Waals surface area contributed by atoms with Gasteiger partial charge in [-0.05, 0) is 43.7 Å². The molecule has 2 rings (SSSR count). The van der Waals surface area contributed by atoms with Crippen molar-refractivity contribution in [2.75, 3.05) is 6.54 Å². The quantitative estimate of drug-likeness (QED) is 0.658. The number of benzene rings is 1. The predicted octanol–water partition coefficient (Wildman–Crippen LogP) is 2.78. The molecule has 0 bridgehead atoms. The number of hydrogen-bond acceptors (Lipinski definition) is 3. The summed E-state index contributed by atoms with van der Waals surface area (Å²) in [4.78, 5) is 0. The van der Waals surface area contributed by atoms with Crippen molar-refractivity contribution in [1.29, 1.82) is 5.41 Å². The molecule has 4 N–H and O–H groups in total. The summed E-state index contributed by atoms with van der Waals surface area (Å²) in [5, 5.41) is 10.9. The number of nitrogens with two attached hydrogens (primary N) is 1. The molecule has 3 heteroatoms. The molecule has 1 saturated carbocycles.